The summed E-state index contributed by atoms with van der Waals surface area (Å²) in [5.74, 6) is 0.551. The first-order chi connectivity index (χ1) is 9.69. The van der Waals surface area contributed by atoms with Crippen molar-refractivity contribution in [1.29, 1.82) is 0 Å². The number of hydrogen-bond donors (Lipinski definition) is 0. The fraction of sp³-hybridized carbons (Fsp3) is 0.947. The number of unbranched alkanes of at least 4 members (excludes halogenated alkanes) is 9. The van der Waals surface area contributed by atoms with Gasteiger partial charge >= 0.3 is 0 Å². The van der Waals surface area contributed by atoms with E-state index in [2.05, 4.69) is 13.8 Å². The van der Waals surface area contributed by atoms with Gasteiger partial charge in [-0.15, -0.1) is 0 Å². The number of carbonyl (C=O) groups excluding carboxylic acids is 1. The van der Waals surface area contributed by atoms with Crippen LogP contribution < -0.4 is 0 Å². The maximum absolute atomic E-state index is 12.2. The molecular weight excluding hydrogens is 244 g/mol. The van der Waals surface area contributed by atoms with Crippen LogP contribution in [0.4, 0.5) is 0 Å². The molecule has 1 heteroatoms. The summed E-state index contributed by atoms with van der Waals surface area (Å²) in [6, 6.07) is 0. The minimum Gasteiger partial charge on any atom is -0.299 e. The predicted octanol–water partition coefficient (Wildman–Crippen LogP) is 6.45. The molecule has 1 rings (SSSR count). The highest BCUT2D eigenvalue weighted by atomic mass is 16.1. The zero-order chi connectivity index (χ0) is 14.7. The lowest BCUT2D eigenvalue weighted by Gasteiger charge is -2.21. The Kier molecular flexibility index (Phi) is 9.22. The Morgan fingerprint density at radius 2 is 1.25 bits per heavy atom. The van der Waals surface area contributed by atoms with Crippen LogP contribution in [0.3, 0.4) is 0 Å². The molecule has 118 valence electrons. The average molecular weight is 280 g/mol. The summed E-state index contributed by atoms with van der Waals surface area (Å²) in [5.41, 5.74) is 0.0548. The molecule has 20 heavy (non-hydrogen) atoms. The Morgan fingerprint density at radius 3 is 1.75 bits per heavy atom. The smallest absolute Gasteiger partial charge is 0.138 e. The summed E-state index contributed by atoms with van der Waals surface area (Å²) in [6.07, 6.45) is 19.1. The van der Waals surface area contributed by atoms with Gasteiger partial charge in [0.25, 0.3) is 0 Å². The van der Waals surface area contributed by atoms with Gasteiger partial charge in [-0.1, -0.05) is 84.5 Å². The molecule has 1 aliphatic carbocycles. The summed E-state index contributed by atoms with van der Waals surface area (Å²) in [4.78, 5) is 12.2. The Labute approximate surface area is 126 Å². The van der Waals surface area contributed by atoms with Gasteiger partial charge in [-0.3, -0.25) is 4.79 Å². The van der Waals surface area contributed by atoms with Gasteiger partial charge in [0, 0.05) is 11.8 Å². The molecule has 1 saturated carbocycles. The maximum Gasteiger partial charge on any atom is 0.138 e. The first-order valence-electron chi connectivity index (χ1n) is 9.22. The van der Waals surface area contributed by atoms with E-state index < -0.39 is 0 Å². The summed E-state index contributed by atoms with van der Waals surface area (Å²) in [5, 5.41) is 0. The number of hydrogen-bond acceptors (Lipinski definition) is 1. The van der Waals surface area contributed by atoms with Crippen LogP contribution >= 0.6 is 0 Å². The summed E-state index contributed by atoms with van der Waals surface area (Å²) >= 11 is 0. The van der Waals surface area contributed by atoms with Crippen LogP contribution in [0.15, 0.2) is 0 Å². The van der Waals surface area contributed by atoms with Gasteiger partial charge in [0.1, 0.15) is 5.78 Å². The zero-order valence-electron chi connectivity index (χ0n) is 14.0. The Bertz CT molecular complexity index is 250. The normalized spacial score (nSPS) is 17.5. The quantitative estimate of drug-likeness (QED) is 0.376. The summed E-state index contributed by atoms with van der Waals surface area (Å²) in [6.45, 7) is 4.46. The van der Waals surface area contributed by atoms with E-state index in [9.17, 15) is 4.79 Å². The highest BCUT2D eigenvalue weighted by Crippen LogP contribution is 2.39. The topological polar surface area (TPSA) is 17.1 Å². The molecule has 0 bridgehead atoms. The SMILES string of the molecule is CCCCCCCCCCCCC(=O)C1(C)CCCC1. The number of carbonyl (C=O) groups is 1. The molecule has 0 radical (unpaired) electrons. The third-order valence-corrected chi connectivity index (χ3v) is 5.14. The van der Waals surface area contributed by atoms with E-state index in [-0.39, 0.29) is 5.41 Å². The second-order valence-corrected chi connectivity index (χ2v) is 7.12. The zero-order valence-corrected chi connectivity index (χ0v) is 14.0. The van der Waals surface area contributed by atoms with Crippen molar-refractivity contribution in [3.8, 4) is 0 Å². The van der Waals surface area contributed by atoms with Crippen molar-refractivity contribution in [3.05, 3.63) is 0 Å². The second-order valence-electron chi connectivity index (χ2n) is 7.12. The Hall–Kier alpha value is -0.330. The fourth-order valence-corrected chi connectivity index (χ4v) is 3.51. The summed E-state index contributed by atoms with van der Waals surface area (Å²) < 4.78 is 0. The molecule has 1 aliphatic rings. The molecular formula is C19H36O. The van der Waals surface area contributed by atoms with Gasteiger partial charge in [0.2, 0.25) is 0 Å². The third kappa shape index (κ3) is 6.90. The monoisotopic (exact) mass is 280 g/mol. The largest absolute Gasteiger partial charge is 0.299 e. The van der Waals surface area contributed by atoms with Crippen molar-refractivity contribution >= 4 is 5.78 Å². The van der Waals surface area contributed by atoms with Crippen LogP contribution in [0, 0.1) is 5.41 Å². The Morgan fingerprint density at radius 1 is 0.800 bits per heavy atom. The third-order valence-electron chi connectivity index (χ3n) is 5.14. The van der Waals surface area contributed by atoms with Crippen molar-refractivity contribution in [1.82, 2.24) is 0 Å². The minimum atomic E-state index is 0.0548. The maximum atomic E-state index is 12.2. The van der Waals surface area contributed by atoms with Gasteiger partial charge in [0.15, 0.2) is 0 Å². The van der Waals surface area contributed by atoms with Gasteiger partial charge in [-0.05, 0) is 19.3 Å². The molecule has 1 fully saturated rings. The lowest BCUT2D eigenvalue weighted by molar-refractivity contribution is -0.127. The van der Waals surface area contributed by atoms with Gasteiger partial charge in [-0.2, -0.15) is 0 Å². The molecule has 0 saturated heterocycles. The molecule has 0 N–H and O–H groups in total. The first kappa shape index (κ1) is 17.7. The molecule has 0 aromatic heterocycles. The van der Waals surface area contributed by atoms with Gasteiger partial charge < -0.3 is 0 Å². The lowest BCUT2D eigenvalue weighted by Crippen LogP contribution is -2.23. The van der Waals surface area contributed by atoms with E-state index in [0.29, 0.717) is 5.78 Å². The first-order valence-corrected chi connectivity index (χ1v) is 9.22. The molecule has 0 aliphatic heterocycles. The van der Waals surface area contributed by atoms with Crippen LogP contribution in [-0.4, -0.2) is 5.78 Å². The van der Waals surface area contributed by atoms with Crippen molar-refractivity contribution < 1.29 is 4.79 Å². The van der Waals surface area contributed by atoms with Crippen molar-refractivity contribution in [3.63, 3.8) is 0 Å². The molecule has 0 heterocycles. The van der Waals surface area contributed by atoms with Gasteiger partial charge in [-0.25, -0.2) is 0 Å². The van der Waals surface area contributed by atoms with Crippen LogP contribution in [0.1, 0.15) is 110 Å². The summed E-state index contributed by atoms with van der Waals surface area (Å²) in [7, 11) is 0. The molecule has 0 unspecified atom stereocenters. The molecule has 0 aromatic carbocycles. The highest BCUT2D eigenvalue weighted by molar-refractivity contribution is 5.84. The van der Waals surface area contributed by atoms with Crippen molar-refractivity contribution in [2.75, 3.05) is 0 Å². The molecule has 1 nitrogen and oxygen atoms in total. The standard InChI is InChI=1S/C19H36O/c1-3-4-5-6-7-8-9-10-11-12-15-18(20)19(2)16-13-14-17-19/h3-17H2,1-2H3. The number of ketones is 1. The fourth-order valence-electron chi connectivity index (χ4n) is 3.51. The van der Waals surface area contributed by atoms with Crippen LogP contribution in [-0.2, 0) is 4.79 Å². The van der Waals surface area contributed by atoms with Crippen LogP contribution in [0.5, 0.6) is 0 Å². The number of rotatable bonds is 12. The minimum absolute atomic E-state index is 0.0548. The van der Waals surface area contributed by atoms with E-state index in [1.54, 1.807) is 0 Å². The predicted molar refractivity (Wildman–Crippen MR) is 88.0 cm³/mol. The van der Waals surface area contributed by atoms with Gasteiger partial charge in [0.05, 0.1) is 0 Å². The van der Waals surface area contributed by atoms with Crippen LogP contribution in [0.25, 0.3) is 0 Å². The lowest BCUT2D eigenvalue weighted by atomic mass is 9.82. The van der Waals surface area contributed by atoms with Crippen molar-refractivity contribution in [2.45, 2.75) is 110 Å². The Balaban J connectivity index is 1.88. The molecule has 0 atom stereocenters. The van der Waals surface area contributed by atoms with E-state index >= 15 is 0 Å². The van der Waals surface area contributed by atoms with E-state index in [4.69, 9.17) is 0 Å². The van der Waals surface area contributed by atoms with E-state index in [1.165, 1.54) is 70.6 Å². The molecule has 0 aromatic rings. The molecule has 0 spiro atoms. The van der Waals surface area contributed by atoms with E-state index in [0.717, 1.165) is 25.7 Å². The molecule has 0 amide bonds. The van der Waals surface area contributed by atoms with E-state index in [1.807, 2.05) is 0 Å². The number of Topliss-reactive ketones (excluding diaryl/α,β-unsaturated/α-hetero) is 1. The second kappa shape index (κ2) is 10.4. The van der Waals surface area contributed by atoms with Crippen molar-refractivity contribution in [2.24, 2.45) is 5.41 Å². The van der Waals surface area contributed by atoms with Crippen LogP contribution in [0.2, 0.25) is 0 Å². The average Bonchev–Trinajstić information content (AvgIpc) is 2.89. The highest BCUT2D eigenvalue weighted by Gasteiger charge is 2.34.